The first-order chi connectivity index (χ1) is 14.6. The number of fused-ring (bicyclic) bond motifs is 2. The van der Waals surface area contributed by atoms with Crippen molar-refractivity contribution in [1.29, 1.82) is 0 Å². The van der Waals surface area contributed by atoms with Gasteiger partial charge in [-0.2, -0.15) is 0 Å². The van der Waals surface area contributed by atoms with Gasteiger partial charge in [0.2, 0.25) is 5.91 Å². The lowest BCUT2D eigenvalue weighted by atomic mass is 9.53. The van der Waals surface area contributed by atoms with Crippen LogP contribution in [0.1, 0.15) is 24.8 Å². The van der Waals surface area contributed by atoms with Gasteiger partial charge in [0.15, 0.2) is 0 Å². The molecule has 30 heavy (non-hydrogen) atoms. The normalized spacial score (nSPS) is 39.5. The highest BCUT2D eigenvalue weighted by molar-refractivity contribution is 5.99. The molecule has 7 rings (SSSR count). The summed E-state index contributed by atoms with van der Waals surface area (Å²) in [4.78, 5) is 27.3. The number of piperidine rings is 2. The molecule has 0 aromatic heterocycles. The second-order valence-electron chi connectivity index (χ2n) is 9.37. The first-order valence-electron chi connectivity index (χ1n) is 10.9. The van der Waals surface area contributed by atoms with Crippen LogP contribution < -0.4 is 10.6 Å². The number of nitrogens with zero attached hydrogens (tertiary/aromatic N) is 2. The minimum absolute atomic E-state index is 0.104. The standard InChI is InChI=1S/C21H22N2O2.C2H5NO2/c24-18-10-16-19-13-9-17-21(6-7-22(17)11-12(13)5-8-25-16)14-3-1-2-4-15(14)23(18)20(19)21;3-1-2(4)5/h1-5,13,16-17,19-20H,6-11H2;1,3H2,(H,4,5)/t13-,16-,17-,19-,20-,21+;/m0./s1. The van der Waals surface area contributed by atoms with Crippen molar-refractivity contribution >= 4 is 17.6 Å². The number of anilines is 1. The van der Waals surface area contributed by atoms with Crippen LogP contribution in [0.5, 0.6) is 0 Å². The second kappa shape index (κ2) is 6.39. The Morgan fingerprint density at radius 3 is 2.93 bits per heavy atom. The summed E-state index contributed by atoms with van der Waals surface area (Å²) in [5.41, 5.74) is 8.93. The summed E-state index contributed by atoms with van der Waals surface area (Å²) in [6.45, 7) is 2.69. The summed E-state index contributed by atoms with van der Waals surface area (Å²) in [7, 11) is 0. The Morgan fingerprint density at radius 1 is 1.33 bits per heavy atom. The summed E-state index contributed by atoms with van der Waals surface area (Å²) in [5, 5.41) is 7.60. The third kappa shape index (κ3) is 2.20. The van der Waals surface area contributed by atoms with Gasteiger partial charge in [0, 0.05) is 29.6 Å². The number of amides is 1. The zero-order valence-corrected chi connectivity index (χ0v) is 16.9. The molecule has 1 amide bonds. The Morgan fingerprint density at radius 2 is 2.13 bits per heavy atom. The first-order valence-corrected chi connectivity index (χ1v) is 10.9. The number of rotatable bonds is 1. The van der Waals surface area contributed by atoms with Gasteiger partial charge >= 0.3 is 5.97 Å². The molecule has 6 aliphatic rings. The highest BCUT2D eigenvalue weighted by Crippen LogP contribution is 2.65. The minimum Gasteiger partial charge on any atom is -0.480 e. The molecule has 7 nitrogen and oxygen atoms in total. The number of benzene rings is 1. The maximum atomic E-state index is 13.2. The van der Waals surface area contributed by atoms with Gasteiger partial charge in [-0.25, -0.2) is 0 Å². The number of para-hydroxylation sites is 1. The molecule has 0 radical (unpaired) electrons. The van der Waals surface area contributed by atoms with Gasteiger partial charge < -0.3 is 20.5 Å². The molecule has 5 heterocycles. The predicted molar refractivity (Wildman–Crippen MR) is 110 cm³/mol. The number of carbonyl (C=O) groups is 2. The minimum atomic E-state index is -0.968. The highest BCUT2D eigenvalue weighted by atomic mass is 16.5. The highest BCUT2D eigenvalue weighted by Gasteiger charge is 2.70. The molecule has 1 spiro atoms. The van der Waals surface area contributed by atoms with Crippen molar-refractivity contribution in [1.82, 2.24) is 4.90 Å². The van der Waals surface area contributed by atoms with Crippen molar-refractivity contribution in [2.75, 3.05) is 31.1 Å². The Bertz CT molecular complexity index is 962. The first kappa shape index (κ1) is 18.5. The second-order valence-corrected chi connectivity index (χ2v) is 9.37. The fourth-order valence-corrected chi connectivity index (χ4v) is 7.51. The van der Waals surface area contributed by atoms with E-state index in [0.717, 1.165) is 6.54 Å². The molecule has 3 saturated heterocycles. The number of aliphatic carboxylic acids is 1. The lowest BCUT2D eigenvalue weighted by Crippen LogP contribution is -2.69. The SMILES string of the molecule is NCC(=O)O.O=C1C[C@@H]2OCC=C3CN4CC[C@]56c7ccccc7N1[C@H]5[C@H]2[C@H]3C[C@H]46. The van der Waals surface area contributed by atoms with E-state index in [4.69, 9.17) is 9.84 Å². The van der Waals surface area contributed by atoms with Gasteiger partial charge in [-0.3, -0.25) is 14.5 Å². The summed E-state index contributed by atoms with van der Waals surface area (Å²) in [6.07, 6.45) is 5.43. The number of carboxylic acid groups (broad SMARTS) is 1. The van der Waals surface area contributed by atoms with Crippen LogP contribution in [0.3, 0.4) is 0 Å². The van der Waals surface area contributed by atoms with Crippen molar-refractivity contribution in [3.63, 3.8) is 0 Å². The van der Waals surface area contributed by atoms with Crippen molar-refractivity contribution < 1.29 is 19.4 Å². The summed E-state index contributed by atoms with van der Waals surface area (Å²) in [5.74, 6) is 0.382. The van der Waals surface area contributed by atoms with E-state index in [2.05, 4.69) is 45.9 Å². The fraction of sp³-hybridized carbons (Fsp3) is 0.565. The maximum absolute atomic E-state index is 13.2. The van der Waals surface area contributed by atoms with E-state index >= 15 is 0 Å². The molecule has 158 valence electrons. The maximum Gasteiger partial charge on any atom is 0.317 e. The smallest absolute Gasteiger partial charge is 0.317 e. The van der Waals surface area contributed by atoms with Gasteiger partial charge in [-0.15, -0.1) is 0 Å². The Balaban J connectivity index is 0.000000318. The number of ether oxygens (including phenoxy) is 1. The largest absolute Gasteiger partial charge is 0.480 e. The molecule has 4 fully saturated rings. The molecule has 1 saturated carbocycles. The van der Waals surface area contributed by atoms with E-state index in [0.29, 0.717) is 36.9 Å². The Hall–Kier alpha value is -2.22. The van der Waals surface area contributed by atoms with Crippen molar-refractivity contribution in [2.24, 2.45) is 17.6 Å². The monoisotopic (exact) mass is 409 g/mol. The fourth-order valence-electron chi connectivity index (χ4n) is 7.51. The van der Waals surface area contributed by atoms with Crippen LogP contribution in [-0.2, 0) is 19.7 Å². The molecule has 0 unspecified atom stereocenters. The van der Waals surface area contributed by atoms with Crippen LogP contribution in [0.15, 0.2) is 35.9 Å². The average Bonchev–Trinajstić information content (AvgIpc) is 3.22. The van der Waals surface area contributed by atoms with E-state index in [9.17, 15) is 9.59 Å². The summed E-state index contributed by atoms with van der Waals surface area (Å²) in [6, 6.07) is 9.64. The van der Waals surface area contributed by atoms with Gasteiger partial charge in [0.05, 0.1) is 31.7 Å². The van der Waals surface area contributed by atoms with Crippen molar-refractivity contribution in [3.8, 4) is 0 Å². The average molecular weight is 409 g/mol. The zero-order chi connectivity index (χ0) is 20.6. The van der Waals surface area contributed by atoms with Crippen LogP contribution in [-0.4, -0.2) is 66.3 Å². The van der Waals surface area contributed by atoms with Gasteiger partial charge in [0.1, 0.15) is 0 Å². The lowest BCUT2D eigenvalue weighted by Gasteiger charge is -2.58. The molecular weight excluding hydrogens is 382 g/mol. The van der Waals surface area contributed by atoms with E-state index in [1.807, 2.05) is 0 Å². The van der Waals surface area contributed by atoms with E-state index < -0.39 is 5.97 Å². The molecule has 1 aromatic rings. The zero-order valence-electron chi connectivity index (χ0n) is 16.9. The molecule has 6 atom stereocenters. The molecule has 7 heteroatoms. The van der Waals surface area contributed by atoms with Crippen LogP contribution in [0.25, 0.3) is 0 Å². The molecule has 3 N–H and O–H groups in total. The Kier molecular flexibility index (Phi) is 3.95. The number of nitrogens with two attached hydrogens (primary N) is 1. The Labute approximate surface area is 175 Å². The van der Waals surface area contributed by atoms with Crippen LogP contribution in [0, 0.1) is 11.8 Å². The summed E-state index contributed by atoms with van der Waals surface area (Å²) < 4.78 is 6.25. The third-order valence-electron chi connectivity index (χ3n) is 8.39. The van der Waals surface area contributed by atoms with Crippen LogP contribution >= 0.6 is 0 Å². The van der Waals surface area contributed by atoms with E-state index in [-0.39, 0.29) is 24.0 Å². The van der Waals surface area contributed by atoms with E-state index in [1.54, 1.807) is 5.57 Å². The molecule has 2 bridgehead atoms. The number of carboxylic acids is 1. The molecule has 1 aliphatic carbocycles. The molecular formula is C23H27N3O4. The van der Waals surface area contributed by atoms with Crippen molar-refractivity contribution in [2.45, 2.75) is 42.9 Å². The van der Waals surface area contributed by atoms with Gasteiger partial charge in [0.25, 0.3) is 0 Å². The summed E-state index contributed by atoms with van der Waals surface area (Å²) >= 11 is 0. The third-order valence-corrected chi connectivity index (χ3v) is 8.39. The van der Waals surface area contributed by atoms with Gasteiger partial charge in [-0.1, -0.05) is 29.8 Å². The van der Waals surface area contributed by atoms with E-state index in [1.165, 1.54) is 30.6 Å². The van der Waals surface area contributed by atoms with Crippen LogP contribution in [0.2, 0.25) is 0 Å². The number of carbonyl (C=O) groups excluding carboxylic acids is 1. The predicted octanol–water partition coefficient (Wildman–Crippen LogP) is 1.12. The number of hydrogen-bond donors (Lipinski definition) is 2. The topological polar surface area (TPSA) is 96.1 Å². The molecule has 1 aromatic carbocycles. The van der Waals surface area contributed by atoms with Crippen LogP contribution in [0.4, 0.5) is 5.69 Å². The number of hydrogen-bond acceptors (Lipinski definition) is 5. The van der Waals surface area contributed by atoms with Gasteiger partial charge in [-0.05, 0) is 36.9 Å². The lowest BCUT2D eigenvalue weighted by molar-refractivity contribution is -0.135. The quantitative estimate of drug-likeness (QED) is 0.675. The molecule has 5 aliphatic heterocycles. The van der Waals surface area contributed by atoms with Crippen molar-refractivity contribution in [3.05, 3.63) is 41.5 Å².